The van der Waals surface area contributed by atoms with Crippen LogP contribution in [0, 0.1) is 0 Å². The van der Waals surface area contributed by atoms with Crippen molar-refractivity contribution in [1.82, 2.24) is 19.4 Å². The molecule has 6 rings (SSSR count). The van der Waals surface area contributed by atoms with Gasteiger partial charge in [-0.25, -0.2) is 4.98 Å². The lowest BCUT2D eigenvalue weighted by Gasteiger charge is -2.25. The van der Waals surface area contributed by atoms with Crippen molar-refractivity contribution in [2.75, 3.05) is 26.3 Å². The molecule has 1 saturated heterocycles. The Bertz CT molecular complexity index is 1460. The molecule has 0 atom stereocenters. The standard InChI is InChI=1S/C29H28N4O3/c34-29-26(18-23-11-12-24(36-23)19-32-13-15-35-16-14-32)31-28-25(17-21-7-3-1-4-8-21)30-27(20-33(28)29)22-9-5-2-6-10-22/h1-12,20,30H,13-19H2. The molecule has 0 bridgehead atoms. The number of H-pyrrole nitrogens is 1. The molecule has 1 N–H and O–H groups in total. The van der Waals surface area contributed by atoms with Gasteiger partial charge in [0.1, 0.15) is 17.2 Å². The normalized spacial score (nSPS) is 14.4. The topological polar surface area (TPSA) is 76.3 Å². The number of morpholine rings is 1. The van der Waals surface area contributed by atoms with Gasteiger partial charge in [-0.15, -0.1) is 0 Å². The lowest BCUT2D eigenvalue weighted by molar-refractivity contribution is 0.0312. The zero-order valence-electron chi connectivity index (χ0n) is 20.0. The highest BCUT2D eigenvalue weighted by Crippen LogP contribution is 2.24. The zero-order valence-corrected chi connectivity index (χ0v) is 20.0. The van der Waals surface area contributed by atoms with Crippen molar-refractivity contribution in [1.29, 1.82) is 0 Å². The first-order chi connectivity index (χ1) is 17.7. The summed E-state index contributed by atoms with van der Waals surface area (Å²) < 4.78 is 13.2. The Hall–Kier alpha value is -3.94. The van der Waals surface area contributed by atoms with E-state index in [0.717, 1.165) is 66.9 Å². The van der Waals surface area contributed by atoms with Gasteiger partial charge >= 0.3 is 0 Å². The molecule has 1 aromatic heterocycles. The van der Waals surface area contributed by atoms with E-state index in [1.165, 1.54) is 0 Å². The van der Waals surface area contributed by atoms with Gasteiger partial charge in [-0.05, 0) is 23.3 Å². The molecule has 1 fully saturated rings. The van der Waals surface area contributed by atoms with Crippen LogP contribution >= 0.6 is 0 Å². The van der Waals surface area contributed by atoms with Crippen LogP contribution in [0.25, 0.3) is 17.1 Å². The highest BCUT2D eigenvalue weighted by molar-refractivity contribution is 5.60. The number of aromatic amines is 1. The van der Waals surface area contributed by atoms with Gasteiger partial charge in [-0.3, -0.25) is 14.3 Å². The summed E-state index contributed by atoms with van der Waals surface area (Å²) in [4.78, 5) is 24.1. The minimum Gasteiger partial charge on any atom is -0.464 e. The number of furan rings is 1. The summed E-state index contributed by atoms with van der Waals surface area (Å²) in [5.74, 6) is 2.29. The van der Waals surface area contributed by atoms with E-state index in [-0.39, 0.29) is 5.56 Å². The SMILES string of the molecule is O=c1c(Cc2ccc(CN3CCOCC3)o2)nc2c(Cc3ccccc3)[nH]c(-c3ccccc3)cn1-2. The molecule has 7 heteroatoms. The molecule has 0 radical (unpaired) electrons. The van der Waals surface area contributed by atoms with Crippen LogP contribution < -0.4 is 5.56 Å². The number of benzene rings is 2. The summed E-state index contributed by atoms with van der Waals surface area (Å²) in [7, 11) is 0. The number of rotatable bonds is 7. The zero-order chi connectivity index (χ0) is 24.3. The second-order valence-corrected chi connectivity index (χ2v) is 9.17. The molecule has 7 nitrogen and oxygen atoms in total. The first-order valence-corrected chi connectivity index (χ1v) is 12.3. The molecule has 3 aromatic rings. The summed E-state index contributed by atoms with van der Waals surface area (Å²) in [5.41, 5.74) is 4.31. The Kier molecular flexibility index (Phi) is 6.24. The molecule has 0 aliphatic carbocycles. The van der Waals surface area contributed by atoms with E-state index in [9.17, 15) is 4.79 Å². The average molecular weight is 481 g/mol. The Labute approximate surface area is 209 Å². The lowest BCUT2D eigenvalue weighted by atomic mass is 10.1. The maximum absolute atomic E-state index is 13.5. The molecular formula is C29H28N4O3. The number of fused-ring (bicyclic) bond motifs is 1. The number of nitrogens with zero attached hydrogens (tertiary/aromatic N) is 3. The highest BCUT2D eigenvalue weighted by Gasteiger charge is 2.21. The average Bonchev–Trinajstić information content (AvgIpc) is 3.49. The predicted molar refractivity (Wildman–Crippen MR) is 138 cm³/mol. The second-order valence-electron chi connectivity index (χ2n) is 9.17. The molecule has 36 heavy (non-hydrogen) atoms. The fourth-order valence-electron chi connectivity index (χ4n) is 4.73. The van der Waals surface area contributed by atoms with E-state index in [2.05, 4.69) is 22.0 Å². The minimum absolute atomic E-state index is 0.114. The largest absolute Gasteiger partial charge is 0.464 e. The van der Waals surface area contributed by atoms with Gasteiger partial charge in [0.2, 0.25) is 0 Å². The molecule has 4 heterocycles. The Morgan fingerprint density at radius 3 is 2.36 bits per heavy atom. The van der Waals surface area contributed by atoms with Crippen molar-refractivity contribution in [3.63, 3.8) is 0 Å². The van der Waals surface area contributed by atoms with Crippen molar-refractivity contribution in [3.05, 3.63) is 118 Å². The summed E-state index contributed by atoms with van der Waals surface area (Å²) in [5, 5.41) is 0. The number of nitrogens with one attached hydrogen (secondary N) is 1. The smallest absolute Gasteiger partial charge is 0.278 e. The van der Waals surface area contributed by atoms with Crippen LogP contribution in [0.4, 0.5) is 0 Å². The summed E-state index contributed by atoms with van der Waals surface area (Å²) in [6.45, 7) is 4.05. The number of aromatic nitrogens is 3. The Balaban J connectivity index is 1.33. The van der Waals surface area contributed by atoms with Gasteiger partial charge in [-0.1, -0.05) is 60.7 Å². The number of imidazole rings is 1. The third kappa shape index (κ3) is 4.76. The molecule has 0 saturated carbocycles. The van der Waals surface area contributed by atoms with E-state index in [1.54, 1.807) is 4.57 Å². The predicted octanol–water partition coefficient (Wildman–Crippen LogP) is 4.27. The molecular weight excluding hydrogens is 452 g/mol. The summed E-state index contributed by atoms with van der Waals surface area (Å²) >= 11 is 0. The first-order valence-electron chi connectivity index (χ1n) is 12.3. The molecule has 182 valence electrons. The van der Waals surface area contributed by atoms with Gasteiger partial charge in [0.15, 0.2) is 5.82 Å². The van der Waals surface area contributed by atoms with E-state index >= 15 is 0 Å². The molecule has 3 aliphatic heterocycles. The first kappa shape index (κ1) is 22.5. The van der Waals surface area contributed by atoms with Crippen LogP contribution in [0.5, 0.6) is 0 Å². The van der Waals surface area contributed by atoms with Crippen LogP contribution in [-0.4, -0.2) is 45.7 Å². The lowest BCUT2D eigenvalue weighted by Crippen LogP contribution is -2.35. The molecule has 3 aliphatic rings. The van der Waals surface area contributed by atoms with Crippen LogP contribution in [-0.2, 0) is 24.1 Å². The fraction of sp³-hybridized carbons (Fsp3) is 0.241. The van der Waals surface area contributed by atoms with E-state index in [1.807, 2.05) is 66.9 Å². The maximum atomic E-state index is 13.5. The van der Waals surface area contributed by atoms with Crippen LogP contribution in [0.1, 0.15) is 28.5 Å². The van der Waals surface area contributed by atoms with Gasteiger partial charge in [0, 0.05) is 25.7 Å². The van der Waals surface area contributed by atoms with Crippen LogP contribution in [0.3, 0.4) is 0 Å². The molecule has 0 spiro atoms. The van der Waals surface area contributed by atoms with Crippen molar-refractivity contribution < 1.29 is 9.15 Å². The monoisotopic (exact) mass is 480 g/mol. The molecule has 2 aromatic carbocycles. The van der Waals surface area contributed by atoms with Crippen molar-refractivity contribution in [2.24, 2.45) is 0 Å². The van der Waals surface area contributed by atoms with Crippen LogP contribution in [0.2, 0.25) is 0 Å². The Morgan fingerprint density at radius 2 is 1.58 bits per heavy atom. The number of hydrogen-bond acceptors (Lipinski definition) is 5. The van der Waals surface area contributed by atoms with E-state index < -0.39 is 0 Å². The molecule has 0 unspecified atom stereocenters. The summed E-state index contributed by atoms with van der Waals surface area (Å²) in [6, 6.07) is 24.2. The van der Waals surface area contributed by atoms with Gasteiger partial charge in [-0.2, -0.15) is 0 Å². The van der Waals surface area contributed by atoms with Crippen molar-refractivity contribution in [3.8, 4) is 17.1 Å². The van der Waals surface area contributed by atoms with Gasteiger partial charge < -0.3 is 14.1 Å². The number of ether oxygens (including phenoxy) is 1. The third-order valence-corrected chi connectivity index (χ3v) is 6.60. The van der Waals surface area contributed by atoms with E-state index in [0.29, 0.717) is 24.4 Å². The fourth-order valence-corrected chi connectivity index (χ4v) is 4.73. The van der Waals surface area contributed by atoms with Crippen molar-refractivity contribution >= 4 is 0 Å². The second kappa shape index (κ2) is 9.97. The number of hydrogen-bond donors (Lipinski definition) is 1. The Morgan fingerprint density at radius 1 is 0.861 bits per heavy atom. The highest BCUT2D eigenvalue weighted by atomic mass is 16.5. The quantitative estimate of drug-likeness (QED) is 0.377. The summed E-state index contributed by atoms with van der Waals surface area (Å²) in [6.07, 6.45) is 2.85. The van der Waals surface area contributed by atoms with Crippen molar-refractivity contribution in [2.45, 2.75) is 19.4 Å². The van der Waals surface area contributed by atoms with Crippen LogP contribution in [0.15, 0.2) is 88.2 Å². The minimum atomic E-state index is -0.114. The van der Waals surface area contributed by atoms with Gasteiger partial charge in [0.25, 0.3) is 5.56 Å². The third-order valence-electron chi connectivity index (χ3n) is 6.60. The van der Waals surface area contributed by atoms with E-state index in [4.69, 9.17) is 14.1 Å². The van der Waals surface area contributed by atoms with Gasteiger partial charge in [0.05, 0.1) is 37.6 Å². The maximum Gasteiger partial charge on any atom is 0.278 e. The molecule has 0 amide bonds.